The zero-order valence-corrected chi connectivity index (χ0v) is 7.22. The molecule has 0 aliphatic carbocycles. The van der Waals surface area contributed by atoms with E-state index in [9.17, 15) is 0 Å². The Bertz CT molecular complexity index is 40.3. The van der Waals surface area contributed by atoms with Crippen LogP contribution in [-0.2, 0) is 22.1 Å². The molecule has 0 unspecified atom stereocenters. The third-order valence-corrected chi connectivity index (χ3v) is 0.744. The molecule has 0 aromatic carbocycles. The normalized spacial score (nSPS) is 18.4. The first-order valence-corrected chi connectivity index (χ1v) is 5.11. The topological polar surface area (TPSA) is 18.5 Å². The number of halogens is 2. The minimum absolute atomic E-state index is 0.569. The van der Waals surface area contributed by atoms with Crippen LogP contribution in [-0.4, -0.2) is 26.4 Å². The van der Waals surface area contributed by atoms with Gasteiger partial charge in [0.2, 0.25) is 0 Å². The fourth-order valence-corrected chi connectivity index (χ4v) is 0.440. The van der Waals surface area contributed by atoms with Gasteiger partial charge >= 0.3 is 33.0 Å². The molecular weight excluding hydrogens is 210 g/mol. The quantitative estimate of drug-likeness (QED) is 0.572. The molecule has 1 fully saturated rings. The van der Waals surface area contributed by atoms with Crippen LogP contribution in [0.25, 0.3) is 0 Å². The molecule has 60 valence electrons. The van der Waals surface area contributed by atoms with Crippen LogP contribution in [0.5, 0.6) is 0 Å². The summed E-state index contributed by atoms with van der Waals surface area (Å²) >= 11 is 0.569. The number of rotatable bonds is 0. The molecule has 0 bridgehead atoms. The molecule has 0 saturated carbocycles. The van der Waals surface area contributed by atoms with Gasteiger partial charge in [-0.05, 0) is 0 Å². The molecule has 0 aromatic heterocycles. The Morgan fingerprint density at radius 2 is 1.11 bits per heavy atom. The van der Waals surface area contributed by atoms with Crippen LogP contribution in [0.4, 0.5) is 0 Å². The average molecular weight is 218 g/mol. The molecule has 1 aliphatic rings. The zero-order valence-electron chi connectivity index (χ0n) is 4.72. The van der Waals surface area contributed by atoms with Crippen molar-refractivity contribution in [1.82, 2.24) is 0 Å². The molecule has 0 N–H and O–H groups in total. The maximum atomic E-state index is 4.94. The molecule has 1 saturated heterocycles. The van der Waals surface area contributed by atoms with Crippen LogP contribution >= 0.6 is 20.4 Å². The standard InChI is InChI=1S/C4H8O2.2ClH.Ni/c1-2-6-4-3-5-1;;;/h1-4H2;2*1H;/q;;;+2/p-2. The van der Waals surface area contributed by atoms with Crippen LogP contribution in [0.2, 0.25) is 0 Å². The van der Waals surface area contributed by atoms with Gasteiger partial charge < -0.3 is 9.47 Å². The van der Waals surface area contributed by atoms with Gasteiger partial charge in [0.15, 0.2) is 0 Å². The van der Waals surface area contributed by atoms with E-state index in [1.54, 1.807) is 0 Å². The first-order chi connectivity index (χ1) is 4.41. The molecular formula is C4H8Cl2NiO2. The van der Waals surface area contributed by atoms with Crippen molar-refractivity contribution < 1.29 is 22.1 Å². The van der Waals surface area contributed by atoms with Crippen LogP contribution in [0.1, 0.15) is 0 Å². The first-order valence-electron chi connectivity index (χ1n) is 2.39. The van der Waals surface area contributed by atoms with Gasteiger partial charge in [-0.1, -0.05) is 0 Å². The van der Waals surface area contributed by atoms with Crippen molar-refractivity contribution in [3.8, 4) is 0 Å². The second kappa shape index (κ2) is 8.99. The fourth-order valence-electron chi connectivity index (χ4n) is 0.440. The van der Waals surface area contributed by atoms with E-state index < -0.39 is 0 Å². The Labute approximate surface area is 69.1 Å². The van der Waals surface area contributed by atoms with Crippen LogP contribution in [0, 0.1) is 0 Å². The van der Waals surface area contributed by atoms with Crippen molar-refractivity contribution in [1.29, 1.82) is 0 Å². The average Bonchev–Trinajstić information content (AvgIpc) is 1.93. The summed E-state index contributed by atoms with van der Waals surface area (Å²) in [6.07, 6.45) is 0. The molecule has 1 aliphatic heterocycles. The summed E-state index contributed by atoms with van der Waals surface area (Å²) in [7, 11) is 9.40. The summed E-state index contributed by atoms with van der Waals surface area (Å²) < 4.78 is 9.89. The van der Waals surface area contributed by atoms with E-state index in [0.29, 0.717) is 12.7 Å². The molecule has 2 nitrogen and oxygen atoms in total. The van der Waals surface area contributed by atoms with E-state index in [1.165, 1.54) is 0 Å². The molecule has 0 aromatic rings. The van der Waals surface area contributed by atoms with Gasteiger partial charge in [0.25, 0.3) is 0 Å². The summed E-state index contributed by atoms with van der Waals surface area (Å²) in [6.45, 7) is 3.11. The van der Waals surface area contributed by atoms with Crippen molar-refractivity contribution in [3.63, 3.8) is 0 Å². The van der Waals surface area contributed by atoms with Crippen molar-refractivity contribution in [2.24, 2.45) is 0 Å². The van der Waals surface area contributed by atoms with Gasteiger partial charge in [0.1, 0.15) is 0 Å². The number of hydrogen-bond acceptors (Lipinski definition) is 2. The molecule has 1 heterocycles. The maximum absolute atomic E-state index is 4.94. The molecule has 1 rings (SSSR count). The Morgan fingerprint density at radius 3 is 1.22 bits per heavy atom. The van der Waals surface area contributed by atoms with E-state index in [0.717, 1.165) is 26.4 Å². The van der Waals surface area contributed by atoms with Crippen LogP contribution in [0.3, 0.4) is 0 Å². The van der Waals surface area contributed by atoms with Gasteiger partial charge in [-0.2, -0.15) is 0 Å². The van der Waals surface area contributed by atoms with E-state index in [4.69, 9.17) is 29.9 Å². The molecule has 5 heteroatoms. The SMILES string of the molecule is C1COCCO1.[Cl][Ni][Cl]. The predicted molar refractivity (Wildman–Crippen MR) is 33.3 cm³/mol. The Morgan fingerprint density at radius 1 is 0.889 bits per heavy atom. The Hall–Kier alpha value is 0.994. The van der Waals surface area contributed by atoms with E-state index in [2.05, 4.69) is 0 Å². The third kappa shape index (κ3) is 8.99. The molecule has 0 amide bonds. The summed E-state index contributed by atoms with van der Waals surface area (Å²) in [5.74, 6) is 0. The van der Waals surface area contributed by atoms with Crippen LogP contribution < -0.4 is 0 Å². The number of ether oxygens (including phenoxy) is 2. The number of hydrogen-bond donors (Lipinski definition) is 0. The predicted octanol–water partition coefficient (Wildman–Crippen LogP) is 1.41. The van der Waals surface area contributed by atoms with Gasteiger partial charge in [0.05, 0.1) is 26.4 Å². The monoisotopic (exact) mass is 216 g/mol. The molecule has 0 atom stereocenters. The fraction of sp³-hybridized carbons (Fsp3) is 1.00. The second-order valence-corrected chi connectivity index (χ2v) is 2.90. The van der Waals surface area contributed by atoms with Gasteiger partial charge in [-0.3, -0.25) is 0 Å². The van der Waals surface area contributed by atoms with Crippen molar-refractivity contribution in [3.05, 3.63) is 0 Å². The Kier molecular flexibility index (Phi) is 9.99. The molecule has 0 radical (unpaired) electrons. The van der Waals surface area contributed by atoms with Gasteiger partial charge in [-0.15, -0.1) is 0 Å². The first kappa shape index (κ1) is 9.99. The minimum atomic E-state index is 0.569. The Balaban J connectivity index is 0.000000187. The third-order valence-electron chi connectivity index (χ3n) is 0.744. The van der Waals surface area contributed by atoms with Gasteiger partial charge in [-0.25, -0.2) is 0 Å². The summed E-state index contributed by atoms with van der Waals surface area (Å²) in [4.78, 5) is 0. The van der Waals surface area contributed by atoms with E-state index in [-0.39, 0.29) is 0 Å². The van der Waals surface area contributed by atoms with Crippen LogP contribution in [0.15, 0.2) is 0 Å². The van der Waals surface area contributed by atoms with E-state index in [1.807, 2.05) is 0 Å². The summed E-state index contributed by atoms with van der Waals surface area (Å²) in [6, 6.07) is 0. The van der Waals surface area contributed by atoms with Gasteiger partial charge in [0, 0.05) is 0 Å². The molecule has 9 heavy (non-hydrogen) atoms. The van der Waals surface area contributed by atoms with Crippen molar-refractivity contribution in [2.45, 2.75) is 0 Å². The van der Waals surface area contributed by atoms with Crippen molar-refractivity contribution >= 4 is 20.4 Å². The zero-order chi connectivity index (χ0) is 6.95. The van der Waals surface area contributed by atoms with E-state index >= 15 is 0 Å². The second-order valence-electron chi connectivity index (χ2n) is 1.27. The summed E-state index contributed by atoms with van der Waals surface area (Å²) in [5, 5.41) is 0. The molecule has 0 spiro atoms. The van der Waals surface area contributed by atoms with Crippen molar-refractivity contribution in [2.75, 3.05) is 26.4 Å². The summed E-state index contributed by atoms with van der Waals surface area (Å²) in [5.41, 5.74) is 0.